The highest BCUT2D eigenvalue weighted by molar-refractivity contribution is 7.16. The van der Waals surface area contributed by atoms with Crippen LogP contribution in [0.1, 0.15) is 12.6 Å². The molecule has 0 N–H and O–H groups in total. The molecule has 2 rings (SSSR count). The number of thiophene rings is 1. The van der Waals surface area contributed by atoms with E-state index in [-0.39, 0.29) is 0 Å². The second-order valence-corrected chi connectivity index (χ2v) is 3.70. The maximum absolute atomic E-state index is 2.22. The quantitative estimate of drug-likeness (QED) is 0.630. The summed E-state index contributed by atoms with van der Waals surface area (Å²) >= 11 is 1.79. The third-order valence-corrected chi connectivity index (χ3v) is 3.01. The van der Waals surface area contributed by atoms with Crippen LogP contribution in [0.5, 0.6) is 0 Å². The van der Waals surface area contributed by atoms with Crippen LogP contribution in [0.3, 0.4) is 0 Å². The summed E-state index contributed by atoms with van der Waals surface area (Å²) in [6.07, 6.45) is 4.20. The first-order valence-electron chi connectivity index (χ1n) is 3.98. The van der Waals surface area contributed by atoms with Crippen molar-refractivity contribution in [1.82, 2.24) is 4.57 Å². The Balaban J connectivity index is 2.70. The van der Waals surface area contributed by atoms with E-state index in [2.05, 4.69) is 41.3 Å². The zero-order chi connectivity index (χ0) is 8.55. The van der Waals surface area contributed by atoms with E-state index in [4.69, 9.17) is 0 Å². The summed E-state index contributed by atoms with van der Waals surface area (Å²) in [5, 5.41) is 3.47. The molecule has 0 spiro atoms. The molecular weight excluding hydrogens is 166 g/mol. The van der Waals surface area contributed by atoms with Crippen molar-refractivity contribution >= 4 is 27.6 Å². The van der Waals surface area contributed by atoms with E-state index in [1.807, 2.05) is 6.92 Å². The first-order valence-corrected chi connectivity index (χ1v) is 4.86. The second-order valence-electron chi connectivity index (χ2n) is 2.81. The maximum Gasteiger partial charge on any atom is 0.102 e. The molecule has 0 fully saturated rings. The van der Waals surface area contributed by atoms with Crippen LogP contribution in [0.15, 0.2) is 23.6 Å². The van der Waals surface area contributed by atoms with Gasteiger partial charge < -0.3 is 4.57 Å². The van der Waals surface area contributed by atoms with Crippen LogP contribution in [-0.4, -0.2) is 4.57 Å². The van der Waals surface area contributed by atoms with Crippen molar-refractivity contribution in [2.45, 2.75) is 6.92 Å². The molecule has 0 saturated heterocycles. The molecule has 0 radical (unpaired) electrons. The largest absolute Gasteiger partial charge is 0.336 e. The first kappa shape index (κ1) is 7.62. The molecule has 2 aromatic rings. The summed E-state index contributed by atoms with van der Waals surface area (Å²) < 4.78 is 2.22. The Morgan fingerprint density at radius 1 is 1.50 bits per heavy atom. The van der Waals surface area contributed by atoms with Crippen molar-refractivity contribution in [3.05, 3.63) is 29.3 Å². The van der Waals surface area contributed by atoms with Crippen molar-refractivity contribution in [3.63, 3.8) is 0 Å². The fraction of sp³-hybridized carbons (Fsp3) is 0.200. The summed E-state index contributed by atoms with van der Waals surface area (Å²) in [6, 6.07) is 4.37. The summed E-state index contributed by atoms with van der Waals surface area (Å²) in [6.45, 7) is 2.04. The number of nitrogens with zero attached hydrogens (tertiary/aromatic N) is 1. The molecule has 0 aliphatic heterocycles. The minimum Gasteiger partial charge on any atom is -0.336 e. The molecule has 1 nitrogen and oxygen atoms in total. The lowest BCUT2D eigenvalue weighted by atomic mass is 10.3. The normalized spacial score (nSPS) is 11.8. The molecule has 0 bridgehead atoms. The highest BCUT2D eigenvalue weighted by Gasteiger charge is 2.02. The lowest BCUT2D eigenvalue weighted by Gasteiger charge is -1.95. The average Bonchev–Trinajstić information content (AvgIpc) is 2.58. The first-order chi connectivity index (χ1) is 5.83. The van der Waals surface area contributed by atoms with Crippen molar-refractivity contribution in [1.29, 1.82) is 0 Å². The number of aryl methyl sites for hydroxylation is 1. The average molecular weight is 177 g/mol. The van der Waals surface area contributed by atoms with Crippen LogP contribution in [-0.2, 0) is 7.05 Å². The third kappa shape index (κ3) is 0.994. The Morgan fingerprint density at radius 3 is 3.00 bits per heavy atom. The number of allylic oxidation sites excluding steroid dienone is 1. The predicted octanol–water partition coefficient (Wildman–Crippen LogP) is 3.27. The van der Waals surface area contributed by atoms with Crippen molar-refractivity contribution in [2.24, 2.45) is 7.05 Å². The fourth-order valence-electron chi connectivity index (χ4n) is 1.40. The third-order valence-electron chi connectivity index (χ3n) is 2.01. The molecule has 2 aromatic heterocycles. The summed E-state index contributed by atoms with van der Waals surface area (Å²) in [5.41, 5.74) is 1.28. The van der Waals surface area contributed by atoms with E-state index in [0.29, 0.717) is 0 Å². The van der Waals surface area contributed by atoms with Gasteiger partial charge in [0, 0.05) is 18.1 Å². The molecule has 0 aliphatic carbocycles. The second kappa shape index (κ2) is 2.79. The van der Waals surface area contributed by atoms with Gasteiger partial charge in [-0.15, -0.1) is 11.3 Å². The lowest BCUT2D eigenvalue weighted by Crippen LogP contribution is -1.87. The molecular formula is C10H11NS. The Bertz CT molecular complexity index is 420. The topological polar surface area (TPSA) is 4.93 Å². The van der Waals surface area contributed by atoms with Gasteiger partial charge in [0.2, 0.25) is 0 Å². The minimum atomic E-state index is 1.28. The Kier molecular flexibility index (Phi) is 1.77. The van der Waals surface area contributed by atoms with Crippen molar-refractivity contribution < 1.29 is 0 Å². The molecule has 0 atom stereocenters. The molecule has 2 heteroatoms. The van der Waals surface area contributed by atoms with Crippen LogP contribution in [0.2, 0.25) is 0 Å². The van der Waals surface area contributed by atoms with Gasteiger partial charge >= 0.3 is 0 Å². The van der Waals surface area contributed by atoms with Crippen molar-refractivity contribution in [3.8, 4) is 0 Å². The van der Waals surface area contributed by atoms with Crippen LogP contribution in [0.4, 0.5) is 0 Å². The van der Waals surface area contributed by atoms with Gasteiger partial charge in [-0.25, -0.2) is 0 Å². The summed E-state index contributed by atoms with van der Waals surface area (Å²) in [4.78, 5) is 1.35. The van der Waals surface area contributed by atoms with Gasteiger partial charge in [-0.2, -0.15) is 0 Å². The van der Waals surface area contributed by atoms with Crippen LogP contribution in [0.25, 0.3) is 16.3 Å². The van der Waals surface area contributed by atoms with Gasteiger partial charge in [0.15, 0.2) is 0 Å². The summed E-state index contributed by atoms with van der Waals surface area (Å²) in [7, 11) is 2.11. The highest BCUT2D eigenvalue weighted by Crippen LogP contribution is 2.24. The zero-order valence-electron chi connectivity index (χ0n) is 7.24. The van der Waals surface area contributed by atoms with Crippen LogP contribution in [0, 0.1) is 0 Å². The Labute approximate surface area is 75.9 Å². The van der Waals surface area contributed by atoms with E-state index in [1.54, 1.807) is 11.3 Å². The van der Waals surface area contributed by atoms with Gasteiger partial charge in [-0.1, -0.05) is 6.08 Å². The molecule has 0 saturated carbocycles. The maximum atomic E-state index is 2.22. The Hall–Kier alpha value is -1.02. The Morgan fingerprint density at radius 2 is 2.33 bits per heavy atom. The minimum absolute atomic E-state index is 1.28. The van der Waals surface area contributed by atoms with Crippen molar-refractivity contribution in [2.75, 3.05) is 0 Å². The molecule has 2 heterocycles. The predicted molar refractivity (Wildman–Crippen MR) is 55.5 cm³/mol. The van der Waals surface area contributed by atoms with E-state index >= 15 is 0 Å². The van der Waals surface area contributed by atoms with Gasteiger partial charge in [0.25, 0.3) is 0 Å². The molecule has 12 heavy (non-hydrogen) atoms. The SMILES string of the molecule is CC=Cc1cc2ccsc2n1C. The van der Waals surface area contributed by atoms with Crippen LogP contribution >= 0.6 is 11.3 Å². The van der Waals surface area contributed by atoms with E-state index in [0.717, 1.165) is 0 Å². The van der Waals surface area contributed by atoms with E-state index in [9.17, 15) is 0 Å². The number of hydrogen-bond donors (Lipinski definition) is 0. The molecule has 0 amide bonds. The van der Waals surface area contributed by atoms with E-state index in [1.165, 1.54) is 15.9 Å². The van der Waals surface area contributed by atoms with E-state index < -0.39 is 0 Å². The number of fused-ring (bicyclic) bond motifs is 1. The zero-order valence-corrected chi connectivity index (χ0v) is 8.06. The molecule has 62 valence electrons. The number of rotatable bonds is 1. The standard InChI is InChI=1S/C10H11NS/c1-3-4-9-7-8-5-6-12-10(8)11(9)2/h3-7H,1-2H3. The monoisotopic (exact) mass is 177 g/mol. The number of hydrogen-bond acceptors (Lipinski definition) is 1. The smallest absolute Gasteiger partial charge is 0.102 e. The molecule has 0 aromatic carbocycles. The number of aromatic nitrogens is 1. The van der Waals surface area contributed by atoms with Gasteiger partial charge in [0.05, 0.1) is 0 Å². The molecule has 0 aliphatic rings. The van der Waals surface area contributed by atoms with Gasteiger partial charge in [-0.05, 0) is 30.5 Å². The highest BCUT2D eigenvalue weighted by atomic mass is 32.1. The lowest BCUT2D eigenvalue weighted by molar-refractivity contribution is 0.963. The molecule has 0 unspecified atom stereocenters. The van der Waals surface area contributed by atoms with Crippen LogP contribution < -0.4 is 0 Å². The fourth-order valence-corrected chi connectivity index (χ4v) is 2.27. The van der Waals surface area contributed by atoms with Gasteiger partial charge in [0.1, 0.15) is 4.83 Å². The van der Waals surface area contributed by atoms with Gasteiger partial charge in [-0.3, -0.25) is 0 Å². The summed E-state index contributed by atoms with van der Waals surface area (Å²) in [5.74, 6) is 0.